The number of carbonyl (C=O) groups is 1. The Labute approximate surface area is 121 Å². The Morgan fingerprint density at radius 3 is 2.50 bits per heavy atom. The number of amides is 1. The maximum Gasteiger partial charge on any atom is 0.236 e. The fraction of sp³-hybridized carbons (Fsp3) is 0.688. The Morgan fingerprint density at radius 2 is 1.95 bits per heavy atom. The van der Waals surface area contributed by atoms with Crippen molar-refractivity contribution in [1.82, 2.24) is 10.2 Å². The van der Waals surface area contributed by atoms with Crippen LogP contribution in [0.2, 0.25) is 0 Å². The number of rotatable bonds is 4. The molecule has 0 saturated carbocycles. The predicted molar refractivity (Wildman–Crippen MR) is 79.6 cm³/mol. The Morgan fingerprint density at radius 1 is 1.30 bits per heavy atom. The lowest BCUT2D eigenvalue weighted by atomic mass is 10.1. The third kappa shape index (κ3) is 3.85. The highest BCUT2D eigenvalue weighted by atomic mass is 16.3. The molecular formula is C16H26N2O2. The first-order valence-corrected chi connectivity index (χ1v) is 7.66. The van der Waals surface area contributed by atoms with Gasteiger partial charge in [0.25, 0.3) is 0 Å². The van der Waals surface area contributed by atoms with Crippen molar-refractivity contribution in [3.05, 3.63) is 23.2 Å². The number of carbonyl (C=O) groups excluding carboxylic acids is 1. The van der Waals surface area contributed by atoms with E-state index in [1.165, 1.54) is 12.8 Å². The standard InChI is InChI=1S/C16H26N2O2/c1-12-10-15(14(3)20-12)13(2)17-11-16(19)18-8-6-4-5-7-9-18/h10,13,17H,4-9,11H2,1-3H3. The summed E-state index contributed by atoms with van der Waals surface area (Å²) in [7, 11) is 0. The van der Waals surface area contributed by atoms with Crippen molar-refractivity contribution in [2.45, 2.75) is 52.5 Å². The van der Waals surface area contributed by atoms with E-state index < -0.39 is 0 Å². The summed E-state index contributed by atoms with van der Waals surface area (Å²) in [6.45, 7) is 8.23. The van der Waals surface area contributed by atoms with E-state index in [0.29, 0.717) is 6.54 Å². The molecule has 20 heavy (non-hydrogen) atoms. The van der Waals surface area contributed by atoms with Gasteiger partial charge in [-0.25, -0.2) is 0 Å². The topological polar surface area (TPSA) is 45.5 Å². The lowest BCUT2D eigenvalue weighted by Crippen LogP contribution is -2.39. The second-order valence-electron chi connectivity index (χ2n) is 5.77. The summed E-state index contributed by atoms with van der Waals surface area (Å²) in [4.78, 5) is 14.2. The first-order valence-electron chi connectivity index (χ1n) is 7.66. The molecule has 1 atom stereocenters. The van der Waals surface area contributed by atoms with Crippen molar-refractivity contribution in [3.8, 4) is 0 Å². The summed E-state index contributed by atoms with van der Waals surface area (Å²) in [5.41, 5.74) is 1.14. The molecule has 1 fully saturated rings. The Hall–Kier alpha value is -1.29. The van der Waals surface area contributed by atoms with E-state index in [1.54, 1.807) is 0 Å². The highest BCUT2D eigenvalue weighted by Gasteiger charge is 2.17. The zero-order valence-electron chi connectivity index (χ0n) is 12.9. The zero-order chi connectivity index (χ0) is 14.5. The van der Waals surface area contributed by atoms with E-state index in [2.05, 4.69) is 12.2 Å². The first-order chi connectivity index (χ1) is 9.58. The van der Waals surface area contributed by atoms with Crippen LogP contribution in [0.3, 0.4) is 0 Å². The fourth-order valence-electron chi connectivity index (χ4n) is 2.86. The minimum absolute atomic E-state index is 0.142. The van der Waals surface area contributed by atoms with Crippen LogP contribution in [0.15, 0.2) is 10.5 Å². The molecule has 1 unspecified atom stereocenters. The average molecular weight is 278 g/mol. The molecule has 1 aliphatic rings. The van der Waals surface area contributed by atoms with Gasteiger partial charge >= 0.3 is 0 Å². The molecule has 0 aliphatic carbocycles. The predicted octanol–water partition coefficient (Wildman–Crippen LogP) is 2.95. The van der Waals surface area contributed by atoms with Crippen molar-refractivity contribution in [2.24, 2.45) is 0 Å². The van der Waals surface area contributed by atoms with E-state index in [9.17, 15) is 4.79 Å². The van der Waals surface area contributed by atoms with Crippen LogP contribution < -0.4 is 5.32 Å². The molecule has 0 spiro atoms. The van der Waals surface area contributed by atoms with Gasteiger partial charge in [-0.15, -0.1) is 0 Å². The molecule has 1 aliphatic heterocycles. The van der Waals surface area contributed by atoms with Gasteiger partial charge in [-0.05, 0) is 39.7 Å². The second kappa shape index (κ2) is 6.93. The van der Waals surface area contributed by atoms with Crippen molar-refractivity contribution in [1.29, 1.82) is 0 Å². The van der Waals surface area contributed by atoms with Crippen LogP contribution in [0, 0.1) is 13.8 Å². The summed E-state index contributed by atoms with van der Waals surface area (Å²) in [6.07, 6.45) is 4.78. The van der Waals surface area contributed by atoms with E-state index in [-0.39, 0.29) is 11.9 Å². The Bertz CT molecular complexity index is 445. The van der Waals surface area contributed by atoms with E-state index in [0.717, 1.165) is 43.0 Å². The number of hydrogen-bond acceptors (Lipinski definition) is 3. The molecule has 1 N–H and O–H groups in total. The Balaban J connectivity index is 1.84. The summed E-state index contributed by atoms with van der Waals surface area (Å²) in [6, 6.07) is 2.19. The molecule has 1 aromatic rings. The van der Waals surface area contributed by atoms with Crippen LogP contribution in [-0.2, 0) is 4.79 Å². The van der Waals surface area contributed by atoms with Crippen molar-refractivity contribution < 1.29 is 9.21 Å². The van der Waals surface area contributed by atoms with E-state index in [4.69, 9.17) is 4.42 Å². The number of hydrogen-bond donors (Lipinski definition) is 1. The van der Waals surface area contributed by atoms with Gasteiger partial charge < -0.3 is 14.6 Å². The van der Waals surface area contributed by atoms with Crippen LogP contribution in [0.1, 0.15) is 55.7 Å². The quantitative estimate of drug-likeness (QED) is 0.921. The summed E-state index contributed by atoms with van der Waals surface area (Å²) < 4.78 is 5.54. The summed E-state index contributed by atoms with van der Waals surface area (Å²) in [5.74, 6) is 2.08. The van der Waals surface area contributed by atoms with E-state index >= 15 is 0 Å². The molecule has 1 aromatic heterocycles. The van der Waals surface area contributed by atoms with Gasteiger partial charge in [0, 0.05) is 24.7 Å². The van der Waals surface area contributed by atoms with Crippen LogP contribution in [0.25, 0.3) is 0 Å². The number of furan rings is 1. The van der Waals surface area contributed by atoms with Crippen molar-refractivity contribution >= 4 is 5.91 Å². The Kier molecular flexibility index (Phi) is 5.24. The molecule has 112 valence electrons. The van der Waals surface area contributed by atoms with Gasteiger partial charge in [0.05, 0.1) is 6.54 Å². The molecule has 1 saturated heterocycles. The first kappa shape index (κ1) is 15.1. The highest BCUT2D eigenvalue weighted by molar-refractivity contribution is 5.78. The van der Waals surface area contributed by atoms with Crippen LogP contribution in [-0.4, -0.2) is 30.4 Å². The van der Waals surface area contributed by atoms with E-state index in [1.807, 2.05) is 24.8 Å². The maximum absolute atomic E-state index is 12.2. The lowest BCUT2D eigenvalue weighted by Gasteiger charge is -2.22. The summed E-state index contributed by atoms with van der Waals surface area (Å²) >= 11 is 0. The fourth-order valence-corrected chi connectivity index (χ4v) is 2.86. The molecule has 0 bridgehead atoms. The largest absolute Gasteiger partial charge is 0.466 e. The van der Waals surface area contributed by atoms with Crippen molar-refractivity contribution in [2.75, 3.05) is 19.6 Å². The number of aryl methyl sites for hydroxylation is 2. The second-order valence-corrected chi connectivity index (χ2v) is 5.77. The summed E-state index contributed by atoms with van der Waals surface area (Å²) in [5, 5.41) is 3.32. The molecule has 4 heteroatoms. The number of nitrogens with zero attached hydrogens (tertiary/aromatic N) is 1. The zero-order valence-corrected chi connectivity index (χ0v) is 12.9. The van der Waals surface area contributed by atoms with Gasteiger partial charge in [-0.2, -0.15) is 0 Å². The van der Waals surface area contributed by atoms with Gasteiger partial charge in [-0.1, -0.05) is 12.8 Å². The van der Waals surface area contributed by atoms with Crippen molar-refractivity contribution in [3.63, 3.8) is 0 Å². The number of likely N-dealkylation sites (tertiary alicyclic amines) is 1. The van der Waals surface area contributed by atoms with Crippen LogP contribution >= 0.6 is 0 Å². The van der Waals surface area contributed by atoms with Crippen LogP contribution in [0.4, 0.5) is 0 Å². The molecular weight excluding hydrogens is 252 g/mol. The highest BCUT2D eigenvalue weighted by Crippen LogP contribution is 2.21. The third-order valence-electron chi connectivity index (χ3n) is 4.06. The van der Waals surface area contributed by atoms with Gasteiger partial charge in [-0.3, -0.25) is 4.79 Å². The molecule has 1 amide bonds. The minimum atomic E-state index is 0.142. The molecule has 4 nitrogen and oxygen atoms in total. The minimum Gasteiger partial charge on any atom is -0.466 e. The van der Waals surface area contributed by atoms with Crippen LogP contribution in [0.5, 0.6) is 0 Å². The monoisotopic (exact) mass is 278 g/mol. The maximum atomic E-state index is 12.2. The average Bonchev–Trinajstić information content (AvgIpc) is 2.65. The smallest absolute Gasteiger partial charge is 0.236 e. The van der Waals surface area contributed by atoms with Gasteiger partial charge in [0.15, 0.2) is 0 Å². The van der Waals surface area contributed by atoms with Gasteiger partial charge in [0.1, 0.15) is 11.5 Å². The SMILES string of the molecule is Cc1cc(C(C)NCC(=O)N2CCCCCC2)c(C)o1. The molecule has 2 rings (SSSR count). The molecule has 2 heterocycles. The lowest BCUT2D eigenvalue weighted by molar-refractivity contribution is -0.130. The third-order valence-corrected chi connectivity index (χ3v) is 4.06. The molecule has 0 radical (unpaired) electrons. The number of nitrogens with one attached hydrogen (secondary N) is 1. The normalized spacial score (nSPS) is 17.9. The van der Waals surface area contributed by atoms with Gasteiger partial charge in [0.2, 0.25) is 5.91 Å². The molecule has 0 aromatic carbocycles.